The lowest BCUT2D eigenvalue weighted by Gasteiger charge is -2.45. The van der Waals surface area contributed by atoms with E-state index < -0.39 is 17.8 Å². The number of carboxylic acids is 1. The summed E-state index contributed by atoms with van der Waals surface area (Å²) in [7, 11) is 3.14. The van der Waals surface area contributed by atoms with Crippen LogP contribution in [0.15, 0.2) is 18.2 Å². The second-order valence-electron chi connectivity index (χ2n) is 6.97. The van der Waals surface area contributed by atoms with Gasteiger partial charge in [-0.1, -0.05) is 6.07 Å². The van der Waals surface area contributed by atoms with Crippen LogP contribution in [0.3, 0.4) is 0 Å². The third-order valence-electron chi connectivity index (χ3n) is 5.72. The number of hydrogen-bond acceptors (Lipinski definition) is 4. The van der Waals surface area contributed by atoms with Crippen LogP contribution in [0, 0.1) is 23.7 Å². The number of carbonyl (C=O) groups excluding carboxylic acids is 1. The Morgan fingerprint density at radius 1 is 1.04 bits per heavy atom. The minimum atomic E-state index is -0.833. The molecule has 2 unspecified atom stereocenters. The van der Waals surface area contributed by atoms with Gasteiger partial charge in [0, 0.05) is 6.54 Å². The molecule has 3 aliphatic carbocycles. The van der Waals surface area contributed by atoms with E-state index in [0.717, 1.165) is 31.2 Å². The maximum atomic E-state index is 12.7. The van der Waals surface area contributed by atoms with Gasteiger partial charge in [0.25, 0.3) is 0 Å². The molecule has 3 aliphatic rings. The first kappa shape index (κ1) is 17.6. The van der Waals surface area contributed by atoms with Gasteiger partial charge in [0.2, 0.25) is 5.91 Å². The second kappa shape index (κ2) is 7.33. The molecule has 6 heteroatoms. The molecule has 6 nitrogen and oxygen atoms in total. The van der Waals surface area contributed by atoms with Crippen LogP contribution < -0.4 is 14.8 Å². The first-order valence-corrected chi connectivity index (χ1v) is 8.76. The fourth-order valence-corrected chi connectivity index (χ4v) is 4.48. The normalized spacial score (nSPS) is 27.6. The van der Waals surface area contributed by atoms with Crippen molar-refractivity contribution < 1.29 is 24.2 Å². The summed E-state index contributed by atoms with van der Waals surface area (Å²) in [5, 5.41) is 12.5. The third kappa shape index (κ3) is 3.43. The number of fused-ring (bicyclic) bond motifs is 3. The van der Waals surface area contributed by atoms with Gasteiger partial charge < -0.3 is 19.9 Å². The van der Waals surface area contributed by atoms with E-state index in [1.807, 2.05) is 12.1 Å². The minimum Gasteiger partial charge on any atom is -0.493 e. The number of benzene rings is 1. The van der Waals surface area contributed by atoms with Gasteiger partial charge in [-0.3, -0.25) is 9.59 Å². The van der Waals surface area contributed by atoms with Crippen LogP contribution in [0.2, 0.25) is 0 Å². The molecule has 0 aromatic heterocycles. The van der Waals surface area contributed by atoms with E-state index in [1.54, 1.807) is 20.3 Å². The summed E-state index contributed by atoms with van der Waals surface area (Å²) in [5.74, 6) is -0.362. The Bertz CT molecular complexity index is 651. The predicted octanol–water partition coefficient (Wildman–Crippen LogP) is 2.46. The Hall–Kier alpha value is -2.24. The number of rotatable bonds is 6. The van der Waals surface area contributed by atoms with Gasteiger partial charge in [-0.05, 0) is 55.2 Å². The van der Waals surface area contributed by atoms with Gasteiger partial charge in [0.15, 0.2) is 11.5 Å². The third-order valence-corrected chi connectivity index (χ3v) is 5.72. The number of ether oxygens (including phenoxy) is 2. The zero-order chi connectivity index (χ0) is 18.0. The largest absolute Gasteiger partial charge is 0.493 e. The molecule has 0 heterocycles. The molecule has 2 N–H and O–H groups in total. The quantitative estimate of drug-likeness (QED) is 0.826. The molecule has 2 bridgehead atoms. The molecule has 0 radical (unpaired) electrons. The lowest BCUT2D eigenvalue weighted by atomic mass is 9.58. The Labute approximate surface area is 147 Å². The zero-order valence-electron chi connectivity index (χ0n) is 14.7. The molecule has 2 atom stereocenters. The van der Waals surface area contributed by atoms with Gasteiger partial charge in [-0.25, -0.2) is 0 Å². The van der Waals surface area contributed by atoms with Gasteiger partial charge in [0.05, 0.1) is 26.1 Å². The van der Waals surface area contributed by atoms with Crippen molar-refractivity contribution in [2.24, 2.45) is 23.7 Å². The van der Waals surface area contributed by atoms with E-state index in [9.17, 15) is 14.7 Å². The van der Waals surface area contributed by atoms with Crippen molar-refractivity contribution in [3.63, 3.8) is 0 Å². The van der Waals surface area contributed by atoms with Gasteiger partial charge in [-0.15, -0.1) is 0 Å². The molecular weight excluding hydrogens is 322 g/mol. The SMILES string of the molecule is COc1ccc(CNC(=O)C2C3CCC(CC3)C2C(=O)O)cc1OC. The van der Waals surface area contributed by atoms with Crippen molar-refractivity contribution in [1.82, 2.24) is 5.32 Å². The molecule has 0 spiro atoms. The number of carboxylic acid groups (broad SMARTS) is 1. The maximum absolute atomic E-state index is 12.7. The number of carbonyl (C=O) groups is 2. The van der Waals surface area contributed by atoms with Crippen LogP contribution in [0.5, 0.6) is 11.5 Å². The molecule has 1 amide bonds. The summed E-state index contributed by atoms with van der Waals surface area (Å²) in [6, 6.07) is 5.48. The van der Waals surface area contributed by atoms with Crippen molar-refractivity contribution in [3.8, 4) is 11.5 Å². The van der Waals surface area contributed by atoms with Crippen LogP contribution in [0.4, 0.5) is 0 Å². The summed E-state index contributed by atoms with van der Waals surface area (Å²) in [6.07, 6.45) is 3.79. The van der Waals surface area contributed by atoms with Gasteiger partial charge in [-0.2, -0.15) is 0 Å². The van der Waals surface area contributed by atoms with Crippen molar-refractivity contribution in [2.75, 3.05) is 14.2 Å². The Morgan fingerprint density at radius 2 is 1.64 bits per heavy atom. The average molecular weight is 347 g/mol. The van der Waals surface area contributed by atoms with Gasteiger partial charge >= 0.3 is 5.97 Å². The highest BCUT2D eigenvalue weighted by Crippen LogP contribution is 2.49. The van der Waals surface area contributed by atoms with Crippen LogP contribution in [-0.2, 0) is 16.1 Å². The van der Waals surface area contributed by atoms with Crippen molar-refractivity contribution in [1.29, 1.82) is 0 Å². The second-order valence-corrected chi connectivity index (χ2v) is 6.97. The van der Waals surface area contributed by atoms with E-state index in [4.69, 9.17) is 9.47 Å². The molecule has 3 saturated carbocycles. The highest BCUT2D eigenvalue weighted by Gasteiger charge is 2.50. The van der Waals surface area contributed by atoms with Crippen molar-refractivity contribution in [2.45, 2.75) is 32.2 Å². The Morgan fingerprint density at radius 3 is 2.20 bits per heavy atom. The average Bonchev–Trinajstić information content (AvgIpc) is 2.65. The number of amides is 1. The van der Waals surface area contributed by atoms with E-state index >= 15 is 0 Å². The zero-order valence-corrected chi connectivity index (χ0v) is 14.7. The minimum absolute atomic E-state index is 0.138. The van der Waals surface area contributed by atoms with E-state index in [-0.39, 0.29) is 17.7 Å². The maximum Gasteiger partial charge on any atom is 0.307 e. The first-order valence-electron chi connectivity index (χ1n) is 8.76. The molecule has 0 aliphatic heterocycles. The van der Waals surface area contributed by atoms with Gasteiger partial charge in [0.1, 0.15) is 0 Å². The van der Waals surface area contributed by atoms with Crippen LogP contribution in [-0.4, -0.2) is 31.2 Å². The van der Waals surface area contributed by atoms with Crippen LogP contribution in [0.25, 0.3) is 0 Å². The highest BCUT2D eigenvalue weighted by atomic mass is 16.5. The lowest BCUT2D eigenvalue weighted by Crippen LogP contribution is -2.50. The van der Waals surface area contributed by atoms with Crippen LogP contribution >= 0.6 is 0 Å². The van der Waals surface area contributed by atoms with Crippen molar-refractivity contribution in [3.05, 3.63) is 23.8 Å². The summed E-state index contributed by atoms with van der Waals surface area (Å²) in [5.41, 5.74) is 0.888. The first-order chi connectivity index (χ1) is 12.0. The fourth-order valence-electron chi connectivity index (χ4n) is 4.48. The predicted molar refractivity (Wildman–Crippen MR) is 91.5 cm³/mol. The monoisotopic (exact) mass is 347 g/mol. The molecule has 1 aromatic rings. The Balaban J connectivity index is 1.68. The smallest absolute Gasteiger partial charge is 0.307 e. The number of nitrogens with one attached hydrogen (secondary N) is 1. The molecule has 3 fully saturated rings. The van der Waals surface area contributed by atoms with Crippen LogP contribution in [0.1, 0.15) is 31.2 Å². The summed E-state index contributed by atoms with van der Waals surface area (Å²) < 4.78 is 10.5. The summed E-state index contributed by atoms with van der Waals surface area (Å²) in [4.78, 5) is 24.4. The topological polar surface area (TPSA) is 84.9 Å². The summed E-state index contributed by atoms with van der Waals surface area (Å²) >= 11 is 0. The molecule has 4 rings (SSSR count). The number of aliphatic carboxylic acids is 1. The Kier molecular flexibility index (Phi) is 5.16. The van der Waals surface area contributed by atoms with Crippen molar-refractivity contribution >= 4 is 11.9 Å². The molecule has 0 saturated heterocycles. The highest BCUT2D eigenvalue weighted by molar-refractivity contribution is 5.85. The fraction of sp³-hybridized carbons (Fsp3) is 0.579. The number of hydrogen-bond donors (Lipinski definition) is 2. The van der Waals surface area contributed by atoms with E-state index in [2.05, 4.69) is 5.32 Å². The summed E-state index contributed by atoms with van der Waals surface area (Å²) in [6.45, 7) is 0.347. The van der Waals surface area contributed by atoms with E-state index in [0.29, 0.717) is 18.0 Å². The standard InChI is InChI=1S/C19H25NO5/c1-24-14-8-3-11(9-15(14)25-2)10-20-18(21)16-12-4-6-13(7-5-12)17(16)19(22)23/h3,8-9,12-13,16-17H,4-7,10H2,1-2H3,(H,20,21)(H,22,23). The molecule has 1 aromatic carbocycles. The molecular formula is C19H25NO5. The molecule has 136 valence electrons. The molecule has 25 heavy (non-hydrogen) atoms. The van der Waals surface area contributed by atoms with E-state index in [1.165, 1.54) is 0 Å². The number of methoxy groups -OCH3 is 2. The lowest BCUT2D eigenvalue weighted by molar-refractivity contribution is -0.158.